The molecule has 0 saturated carbocycles. The van der Waals surface area contributed by atoms with Gasteiger partial charge in [-0.1, -0.05) is 52.4 Å². The monoisotopic (exact) mass is 430 g/mol. The number of pyridine rings is 1. The van der Waals surface area contributed by atoms with Crippen molar-refractivity contribution in [2.24, 2.45) is 0 Å². The van der Waals surface area contributed by atoms with E-state index in [0.29, 0.717) is 26.2 Å². The van der Waals surface area contributed by atoms with Crippen molar-refractivity contribution in [1.82, 2.24) is 0 Å². The zero-order valence-corrected chi connectivity index (χ0v) is 19.3. The summed E-state index contributed by atoms with van der Waals surface area (Å²) in [4.78, 5) is 0. The maximum Gasteiger partial charge on any atom is 0.265 e. The maximum absolute atomic E-state index is 10.9. The van der Waals surface area contributed by atoms with Crippen LogP contribution in [0.2, 0.25) is 0 Å². The molecule has 168 valence electrons. The van der Waals surface area contributed by atoms with E-state index in [0.717, 1.165) is 31.2 Å². The van der Waals surface area contributed by atoms with Crippen molar-refractivity contribution < 1.29 is 27.0 Å². The summed E-state index contributed by atoms with van der Waals surface area (Å²) in [6.07, 6.45) is 13.3. The van der Waals surface area contributed by atoms with E-state index in [1.807, 2.05) is 36.0 Å². The van der Waals surface area contributed by atoms with Gasteiger partial charge in [-0.2, -0.15) is 8.42 Å². The van der Waals surface area contributed by atoms with Gasteiger partial charge in [-0.25, -0.2) is 4.57 Å². The van der Waals surface area contributed by atoms with Gasteiger partial charge in [-0.05, 0) is 19.8 Å². The molecule has 1 N–H and O–H groups in total. The molecule has 0 unspecified atom stereocenters. The van der Waals surface area contributed by atoms with E-state index >= 15 is 0 Å². The summed E-state index contributed by atoms with van der Waals surface area (Å²) in [7, 11) is -3.91. The van der Waals surface area contributed by atoms with Crippen LogP contribution in [0.4, 0.5) is 0 Å². The van der Waals surface area contributed by atoms with Gasteiger partial charge in [0, 0.05) is 24.1 Å². The van der Waals surface area contributed by atoms with Gasteiger partial charge in [0.15, 0.2) is 18.2 Å². The lowest BCUT2D eigenvalue weighted by Gasteiger charge is -2.30. The van der Waals surface area contributed by atoms with Gasteiger partial charge in [-0.3, -0.25) is 4.55 Å². The maximum atomic E-state index is 10.9. The number of aromatic nitrogens is 1. The molecule has 0 spiro atoms. The van der Waals surface area contributed by atoms with E-state index in [1.54, 1.807) is 0 Å². The second-order valence-electron chi connectivity index (χ2n) is 7.73. The van der Waals surface area contributed by atoms with Gasteiger partial charge in [-0.15, -0.1) is 0 Å². The molecule has 7 heteroatoms. The molecule has 1 rings (SSSR count). The van der Waals surface area contributed by atoms with Crippen LogP contribution in [0.25, 0.3) is 0 Å². The molecule has 0 amide bonds. The molecule has 0 aliphatic carbocycles. The summed E-state index contributed by atoms with van der Waals surface area (Å²) in [5.74, 6) is -1.02. The highest BCUT2D eigenvalue weighted by atomic mass is 32.2. The highest BCUT2D eigenvalue weighted by molar-refractivity contribution is 7.85. The molecule has 0 radical (unpaired) electrons. The average molecular weight is 431 g/mol. The van der Waals surface area contributed by atoms with Crippen LogP contribution in [0.5, 0.6) is 0 Å². The molecule has 0 atom stereocenters. The molecule has 0 fully saturated rings. The summed E-state index contributed by atoms with van der Waals surface area (Å²) in [5.41, 5.74) is 0.953. The van der Waals surface area contributed by atoms with Crippen molar-refractivity contribution in [3.8, 4) is 0 Å². The number of rotatable bonds is 17. The minimum absolute atomic E-state index is 0.235. The third-order valence-electron chi connectivity index (χ3n) is 4.98. The number of aryl methyl sites for hydroxylation is 1. The highest BCUT2D eigenvalue weighted by Gasteiger charge is 2.29. The molecule has 0 aromatic carbocycles. The Morgan fingerprint density at radius 3 is 1.86 bits per heavy atom. The Morgan fingerprint density at radius 1 is 0.897 bits per heavy atom. The van der Waals surface area contributed by atoms with Gasteiger partial charge in [0.1, 0.15) is 6.54 Å². The van der Waals surface area contributed by atoms with Crippen LogP contribution in [0.1, 0.15) is 84.1 Å². The molecule has 1 heterocycles. The molecular formula is C22H40NO5S+. The predicted molar refractivity (Wildman–Crippen MR) is 115 cm³/mol. The minimum Gasteiger partial charge on any atom is -0.346 e. The molecule has 6 nitrogen and oxygen atoms in total. The Morgan fingerprint density at radius 2 is 1.41 bits per heavy atom. The number of hydrogen-bond acceptors (Lipinski definition) is 4. The van der Waals surface area contributed by atoms with Crippen LogP contribution < -0.4 is 4.57 Å². The highest BCUT2D eigenvalue weighted by Crippen LogP contribution is 2.27. The average Bonchev–Trinajstić information content (AvgIpc) is 2.67. The van der Waals surface area contributed by atoms with Crippen LogP contribution in [0, 0.1) is 0 Å². The van der Waals surface area contributed by atoms with Crippen LogP contribution in [0.15, 0.2) is 24.5 Å². The predicted octanol–water partition coefficient (Wildman–Crippen LogP) is 4.62. The number of hydrogen-bond donors (Lipinski definition) is 1. The molecule has 1 aromatic rings. The van der Waals surface area contributed by atoms with E-state index < -0.39 is 15.9 Å². The lowest BCUT2D eigenvalue weighted by molar-refractivity contribution is -0.697. The SMILES string of the molecule is CCCCCCOC(C)(OCCCCCC)c1cc[n+](CCCS(=O)(=O)O)cc1. The van der Waals surface area contributed by atoms with Crippen LogP contribution in [-0.4, -0.2) is 31.9 Å². The Hall–Kier alpha value is -1.02. The first-order valence-electron chi connectivity index (χ1n) is 11.0. The third-order valence-corrected chi connectivity index (χ3v) is 5.79. The van der Waals surface area contributed by atoms with Crippen molar-refractivity contribution in [2.75, 3.05) is 19.0 Å². The van der Waals surface area contributed by atoms with Crippen LogP contribution >= 0.6 is 0 Å². The first kappa shape index (κ1) is 26.0. The topological polar surface area (TPSA) is 76.7 Å². The molecule has 0 saturated heterocycles. The summed E-state index contributed by atoms with van der Waals surface area (Å²) < 4.78 is 44.8. The fourth-order valence-electron chi connectivity index (χ4n) is 3.14. The zero-order chi connectivity index (χ0) is 21.6. The number of unbranched alkanes of at least 4 members (excludes halogenated alkanes) is 6. The van der Waals surface area contributed by atoms with Gasteiger partial charge < -0.3 is 9.47 Å². The van der Waals surface area contributed by atoms with E-state index in [-0.39, 0.29) is 5.75 Å². The zero-order valence-electron chi connectivity index (χ0n) is 18.4. The summed E-state index contributed by atoms with van der Waals surface area (Å²) in [6, 6.07) is 3.93. The molecule has 0 aliphatic heterocycles. The lowest BCUT2D eigenvalue weighted by Crippen LogP contribution is -2.36. The first-order valence-corrected chi connectivity index (χ1v) is 12.6. The second kappa shape index (κ2) is 14.1. The van der Waals surface area contributed by atoms with Gasteiger partial charge in [0.2, 0.25) is 0 Å². The Bertz CT molecular complexity index is 632. The van der Waals surface area contributed by atoms with Crippen LogP contribution in [-0.2, 0) is 31.9 Å². The van der Waals surface area contributed by atoms with E-state index in [2.05, 4.69) is 13.8 Å². The van der Waals surface area contributed by atoms with Gasteiger partial charge in [0.25, 0.3) is 10.1 Å². The van der Waals surface area contributed by atoms with Crippen molar-refractivity contribution in [3.63, 3.8) is 0 Å². The van der Waals surface area contributed by atoms with Crippen LogP contribution in [0.3, 0.4) is 0 Å². The summed E-state index contributed by atoms with van der Waals surface area (Å²) in [5, 5.41) is 0. The lowest BCUT2D eigenvalue weighted by atomic mass is 10.1. The largest absolute Gasteiger partial charge is 0.346 e. The van der Waals surface area contributed by atoms with Gasteiger partial charge >= 0.3 is 0 Å². The third kappa shape index (κ3) is 11.7. The fourth-order valence-corrected chi connectivity index (χ4v) is 3.63. The Labute approximate surface area is 177 Å². The van der Waals surface area contributed by atoms with Crippen molar-refractivity contribution in [2.45, 2.75) is 90.9 Å². The minimum atomic E-state index is -3.91. The Kier molecular flexibility index (Phi) is 12.6. The Balaban J connectivity index is 2.68. The molecular weight excluding hydrogens is 390 g/mol. The van der Waals surface area contributed by atoms with Crippen molar-refractivity contribution in [1.29, 1.82) is 0 Å². The van der Waals surface area contributed by atoms with E-state index in [4.69, 9.17) is 14.0 Å². The molecule has 0 aliphatic rings. The van der Waals surface area contributed by atoms with Crippen molar-refractivity contribution >= 4 is 10.1 Å². The van der Waals surface area contributed by atoms with E-state index in [9.17, 15) is 8.42 Å². The van der Waals surface area contributed by atoms with E-state index in [1.165, 1.54) is 25.7 Å². The molecule has 29 heavy (non-hydrogen) atoms. The summed E-state index contributed by atoms with van der Waals surface area (Å²) >= 11 is 0. The fraction of sp³-hybridized carbons (Fsp3) is 0.773. The van der Waals surface area contributed by atoms with Gasteiger partial charge in [0.05, 0.1) is 19.0 Å². The number of ether oxygens (including phenoxy) is 2. The smallest absolute Gasteiger partial charge is 0.265 e. The second-order valence-corrected chi connectivity index (χ2v) is 9.30. The summed E-state index contributed by atoms with van der Waals surface area (Å²) in [6.45, 7) is 8.21. The first-order chi connectivity index (χ1) is 13.8. The standard InChI is InChI=1S/C22H39NO5S/c1-4-6-8-10-18-27-22(3,28-19-11-9-7-5-2)21-13-16-23(17-14-21)15-12-20-29(24,25)26/h13-14,16-17H,4-12,15,18-20H2,1-3H3/p+1. The molecule has 1 aromatic heterocycles. The van der Waals surface area contributed by atoms with Crippen molar-refractivity contribution in [3.05, 3.63) is 30.1 Å². The normalized spacial score (nSPS) is 12.4. The molecule has 0 bridgehead atoms. The quantitative estimate of drug-likeness (QED) is 0.169. The number of nitrogens with zero attached hydrogens (tertiary/aromatic N) is 1.